The van der Waals surface area contributed by atoms with Crippen LogP contribution in [0.15, 0.2) is 90.2 Å². The number of benzene rings is 2. The van der Waals surface area contributed by atoms with Gasteiger partial charge in [-0.05, 0) is 84.6 Å². The number of aryl methyl sites for hydroxylation is 1. The Morgan fingerprint density at radius 3 is 2.74 bits per heavy atom. The van der Waals surface area contributed by atoms with Crippen LogP contribution in [0.25, 0.3) is 11.8 Å². The highest BCUT2D eigenvalue weighted by Crippen LogP contribution is 2.39. The Hall–Kier alpha value is -3.63. The van der Waals surface area contributed by atoms with E-state index in [1.165, 1.54) is 22.3 Å². The number of nitrogens with one attached hydrogen (secondary N) is 2. The smallest absolute Gasteiger partial charge is 0.224 e. The Morgan fingerprint density at radius 2 is 1.89 bits per heavy atom. The van der Waals surface area contributed by atoms with Gasteiger partial charge < -0.3 is 10.6 Å². The van der Waals surface area contributed by atoms with Gasteiger partial charge in [0.25, 0.3) is 0 Å². The largest absolute Gasteiger partial charge is 0.339 e. The molecule has 2 aliphatic rings. The first-order valence-corrected chi connectivity index (χ1v) is 13.9. The summed E-state index contributed by atoms with van der Waals surface area (Å²) in [5.74, 6) is 1.20. The number of nitrogens with zero attached hydrogens (tertiary/aromatic N) is 1. The summed E-state index contributed by atoms with van der Waals surface area (Å²) in [5, 5.41) is 7.45. The number of aromatic nitrogens is 1. The van der Waals surface area contributed by atoms with Crippen LogP contribution in [-0.2, 0) is 11.2 Å². The zero-order valence-electron chi connectivity index (χ0n) is 21.8. The van der Waals surface area contributed by atoms with Crippen LogP contribution in [0.5, 0.6) is 0 Å². The molecular weight excluding hydrogens is 490 g/mol. The zero-order valence-corrected chi connectivity index (χ0v) is 22.6. The SMILES string of the molecule is CCCc1ccc(Cl)cc1NC(=O)CC1CCC2=C/C=C/c3ccccc3/C(Nc3ccccn3)=C\2CC1. The second-order valence-corrected chi connectivity index (χ2v) is 10.5. The number of pyridine rings is 1. The molecule has 2 aromatic carbocycles. The molecule has 38 heavy (non-hydrogen) atoms. The van der Waals surface area contributed by atoms with Gasteiger partial charge in [-0.25, -0.2) is 4.98 Å². The maximum Gasteiger partial charge on any atom is 0.224 e. The lowest BCUT2D eigenvalue weighted by Gasteiger charge is -2.21. The highest BCUT2D eigenvalue weighted by Gasteiger charge is 2.25. The molecule has 1 fully saturated rings. The second kappa shape index (κ2) is 12.3. The van der Waals surface area contributed by atoms with E-state index in [1.807, 2.05) is 42.6 Å². The van der Waals surface area contributed by atoms with Crippen LogP contribution in [0.3, 0.4) is 0 Å². The summed E-state index contributed by atoms with van der Waals surface area (Å²) in [7, 11) is 0. The average Bonchev–Trinajstić information content (AvgIpc) is 3.11. The summed E-state index contributed by atoms with van der Waals surface area (Å²) in [6, 6.07) is 20.2. The molecular formula is C33H34ClN3O. The fraction of sp³-hybridized carbons (Fsp3) is 0.273. The van der Waals surface area contributed by atoms with Crippen molar-refractivity contribution in [3.05, 3.63) is 112 Å². The number of carbonyl (C=O) groups is 1. The van der Waals surface area contributed by atoms with Gasteiger partial charge in [0.1, 0.15) is 5.82 Å². The number of carbonyl (C=O) groups excluding carboxylic acids is 1. The van der Waals surface area contributed by atoms with Crippen molar-refractivity contribution in [3.8, 4) is 0 Å². The van der Waals surface area contributed by atoms with Gasteiger partial charge in [-0.15, -0.1) is 0 Å². The summed E-state index contributed by atoms with van der Waals surface area (Å²) in [6.07, 6.45) is 14.6. The lowest BCUT2D eigenvalue weighted by atomic mass is 9.91. The van der Waals surface area contributed by atoms with Gasteiger partial charge in [0.05, 0.1) is 5.70 Å². The van der Waals surface area contributed by atoms with Gasteiger partial charge in [-0.1, -0.05) is 79.6 Å². The third kappa shape index (κ3) is 6.25. The number of halogens is 1. The van der Waals surface area contributed by atoms with Crippen LogP contribution >= 0.6 is 11.6 Å². The molecule has 1 heterocycles. The predicted octanol–water partition coefficient (Wildman–Crippen LogP) is 8.68. The Kier molecular flexibility index (Phi) is 8.40. The van der Waals surface area contributed by atoms with E-state index < -0.39 is 0 Å². The van der Waals surface area contributed by atoms with E-state index in [4.69, 9.17) is 11.6 Å². The minimum absolute atomic E-state index is 0.0639. The van der Waals surface area contributed by atoms with Gasteiger partial charge in [0.15, 0.2) is 0 Å². The van der Waals surface area contributed by atoms with Crippen molar-refractivity contribution in [1.82, 2.24) is 4.98 Å². The molecule has 0 saturated heterocycles. The highest BCUT2D eigenvalue weighted by molar-refractivity contribution is 6.31. The molecule has 0 radical (unpaired) electrons. The lowest BCUT2D eigenvalue weighted by molar-refractivity contribution is -0.117. The second-order valence-electron chi connectivity index (χ2n) is 10.1. The fourth-order valence-electron chi connectivity index (χ4n) is 5.46. The fourth-order valence-corrected chi connectivity index (χ4v) is 5.63. The third-order valence-electron chi connectivity index (χ3n) is 7.37. The van der Waals surface area contributed by atoms with Crippen molar-refractivity contribution in [3.63, 3.8) is 0 Å². The van der Waals surface area contributed by atoms with E-state index >= 15 is 0 Å². The molecule has 1 saturated carbocycles. The van der Waals surface area contributed by atoms with Gasteiger partial charge >= 0.3 is 0 Å². The minimum atomic E-state index is 0.0639. The molecule has 0 spiro atoms. The Bertz CT molecular complexity index is 1390. The van der Waals surface area contributed by atoms with Gasteiger partial charge in [-0.3, -0.25) is 4.79 Å². The Labute approximate surface area is 230 Å². The molecule has 1 atom stereocenters. The number of allylic oxidation sites excluding steroid dienone is 4. The molecule has 4 nitrogen and oxygen atoms in total. The summed E-state index contributed by atoms with van der Waals surface area (Å²) in [5.41, 5.74) is 8.09. The first-order chi connectivity index (χ1) is 18.6. The maximum absolute atomic E-state index is 13.1. The molecule has 1 aromatic heterocycles. The van der Waals surface area contributed by atoms with Crippen LogP contribution in [0.4, 0.5) is 11.5 Å². The van der Waals surface area contributed by atoms with Crippen LogP contribution in [0.2, 0.25) is 5.02 Å². The number of anilines is 2. The van der Waals surface area contributed by atoms with E-state index in [-0.39, 0.29) is 5.91 Å². The molecule has 2 N–H and O–H groups in total. The minimum Gasteiger partial charge on any atom is -0.339 e. The number of fused-ring (bicyclic) bond motifs is 2. The molecule has 5 heteroatoms. The Morgan fingerprint density at radius 1 is 1.05 bits per heavy atom. The number of hydrogen-bond acceptors (Lipinski definition) is 3. The van der Waals surface area contributed by atoms with Crippen LogP contribution < -0.4 is 10.6 Å². The van der Waals surface area contributed by atoms with Gasteiger partial charge in [0, 0.05) is 28.9 Å². The van der Waals surface area contributed by atoms with Gasteiger partial charge in [-0.2, -0.15) is 0 Å². The van der Waals surface area contributed by atoms with Crippen molar-refractivity contribution in [2.75, 3.05) is 10.6 Å². The highest BCUT2D eigenvalue weighted by atomic mass is 35.5. The molecule has 2 aliphatic carbocycles. The summed E-state index contributed by atoms with van der Waals surface area (Å²) in [6.45, 7) is 2.14. The van der Waals surface area contributed by atoms with E-state index in [2.05, 4.69) is 65.0 Å². The van der Waals surface area contributed by atoms with Gasteiger partial charge in [0.2, 0.25) is 5.91 Å². The van der Waals surface area contributed by atoms with E-state index in [0.29, 0.717) is 17.4 Å². The van der Waals surface area contributed by atoms with Crippen LogP contribution in [0, 0.1) is 5.92 Å². The summed E-state index contributed by atoms with van der Waals surface area (Å²) >= 11 is 6.24. The van der Waals surface area contributed by atoms with E-state index in [9.17, 15) is 4.79 Å². The molecule has 194 valence electrons. The van der Waals surface area contributed by atoms with E-state index in [1.54, 1.807) is 0 Å². The van der Waals surface area contributed by atoms with Crippen molar-refractivity contribution < 1.29 is 4.79 Å². The molecule has 1 unspecified atom stereocenters. The van der Waals surface area contributed by atoms with Crippen molar-refractivity contribution in [1.29, 1.82) is 0 Å². The third-order valence-corrected chi connectivity index (χ3v) is 7.61. The summed E-state index contributed by atoms with van der Waals surface area (Å²) < 4.78 is 0. The Balaban J connectivity index is 1.38. The van der Waals surface area contributed by atoms with Crippen molar-refractivity contribution in [2.45, 2.75) is 51.9 Å². The monoisotopic (exact) mass is 523 g/mol. The first kappa shape index (κ1) is 26.0. The number of amides is 1. The van der Waals surface area contributed by atoms with Crippen molar-refractivity contribution >= 4 is 40.8 Å². The lowest BCUT2D eigenvalue weighted by Crippen LogP contribution is -2.17. The zero-order chi connectivity index (χ0) is 26.3. The summed E-state index contributed by atoms with van der Waals surface area (Å²) in [4.78, 5) is 17.7. The molecule has 5 rings (SSSR count). The standard InChI is InChI=1S/C33H34ClN3O/c1-2-8-26-17-18-27(34)22-30(26)36-32(38)21-23-14-16-25-11-7-10-24-9-3-4-12-28(24)33(29(25)19-15-23)37-31-13-5-6-20-35-31/h3-7,9-13,17-18,20,22-23H,2,8,14-16,19,21H2,1H3,(H,35,37)(H,36,38)/b10-7+,11-7?,24-10?,25-11-,33-28?,33-29+. The average molecular weight is 524 g/mol. The van der Waals surface area contributed by atoms with Crippen molar-refractivity contribution in [2.24, 2.45) is 5.92 Å². The number of hydrogen-bond donors (Lipinski definition) is 2. The molecule has 0 aliphatic heterocycles. The number of rotatable bonds is 7. The van der Waals surface area contributed by atoms with Crippen LogP contribution in [-0.4, -0.2) is 10.9 Å². The predicted molar refractivity (Wildman–Crippen MR) is 159 cm³/mol. The maximum atomic E-state index is 13.1. The normalized spacial score (nSPS) is 21.0. The quantitative estimate of drug-likeness (QED) is 0.325. The molecule has 0 bridgehead atoms. The van der Waals surface area contributed by atoms with E-state index in [0.717, 1.165) is 61.3 Å². The molecule has 3 aromatic rings. The molecule has 1 amide bonds. The topological polar surface area (TPSA) is 54.0 Å². The first-order valence-electron chi connectivity index (χ1n) is 13.6. The van der Waals surface area contributed by atoms with Crippen LogP contribution in [0.1, 0.15) is 62.1 Å².